The summed E-state index contributed by atoms with van der Waals surface area (Å²) in [6.07, 6.45) is 6.82. The minimum absolute atomic E-state index is 0.131. The Morgan fingerprint density at radius 2 is 1.48 bits per heavy atom. The molecule has 4 nitrogen and oxygen atoms in total. The third-order valence-corrected chi connectivity index (χ3v) is 7.03. The number of carbonyl (C=O) groups is 2. The average Bonchev–Trinajstić information content (AvgIpc) is 3.28. The summed E-state index contributed by atoms with van der Waals surface area (Å²) < 4.78 is 0. The van der Waals surface area contributed by atoms with Crippen molar-refractivity contribution in [2.45, 2.75) is 50.5 Å². The van der Waals surface area contributed by atoms with E-state index in [1.165, 1.54) is 30.7 Å². The molecule has 0 saturated carbocycles. The summed E-state index contributed by atoms with van der Waals surface area (Å²) in [5.41, 5.74) is 4.24. The monoisotopic (exact) mass is 388 g/mol. The molecular weight excluding hydrogens is 360 g/mol. The summed E-state index contributed by atoms with van der Waals surface area (Å²) in [7, 11) is 0. The maximum Gasteiger partial charge on any atom is 0.261 e. The second kappa shape index (κ2) is 7.75. The van der Waals surface area contributed by atoms with E-state index >= 15 is 0 Å². The molecule has 2 unspecified atom stereocenters. The first-order chi connectivity index (χ1) is 14.2. The van der Waals surface area contributed by atoms with Crippen molar-refractivity contribution in [2.24, 2.45) is 0 Å². The van der Waals surface area contributed by atoms with Crippen LogP contribution < -0.4 is 0 Å². The number of hydrogen-bond acceptors (Lipinski definition) is 3. The van der Waals surface area contributed by atoms with Gasteiger partial charge in [0.15, 0.2) is 0 Å². The molecule has 0 N–H and O–H groups in total. The quantitative estimate of drug-likeness (QED) is 0.548. The van der Waals surface area contributed by atoms with Gasteiger partial charge >= 0.3 is 0 Å². The zero-order valence-electron chi connectivity index (χ0n) is 16.8. The van der Waals surface area contributed by atoms with Crippen molar-refractivity contribution >= 4 is 11.8 Å². The van der Waals surface area contributed by atoms with Crippen LogP contribution in [0.5, 0.6) is 0 Å². The van der Waals surface area contributed by atoms with Crippen LogP contribution in [0, 0.1) is 0 Å². The Morgan fingerprint density at radius 3 is 2.28 bits per heavy atom. The normalized spacial score (nSPS) is 23.2. The lowest BCUT2D eigenvalue weighted by atomic mass is 9.79. The lowest BCUT2D eigenvalue weighted by Gasteiger charge is -2.33. The van der Waals surface area contributed by atoms with E-state index in [0.717, 1.165) is 25.8 Å². The molecule has 4 heteroatoms. The molecule has 2 heterocycles. The molecule has 2 aromatic carbocycles. The number of rotatable bonds is 6. The van der Waals surface area contributed by atoms with Gasteiger partial charge in [-0.05, 0) is 68.5 Å². The first kappa shape index (κ1) is 18.6. The molecule has 0 bridgehead atoms. The molecule has 150 valence electrons. The van der Waals surface area contributed by atoms with E-state index in [1.807, 2.05) is 12.1 Å². The molecule has 29 heavy (non-hydrogen) atoms. The molecule has 3 aliphatic rings. The number of amides is 2. The minimum atomic E-state index is -0.131. The highest BCUT2D eigenvalue weighted by atomic mass is 16.2. The Bertz CT molecular complexity index is 903. The molecule has 2 aliphatic heterocycles. The van der Waals surface area contributed by atoms with E-state index in [0.29, 0.717) is 29.6 Å². The van der Waals surface area contributed by atoms with Crippen molar-refractivity contribution < 1.29 is 9.59 Å². The minimum Gasteiger partial charge on any atom is -0.300 e. The zero-order valence-corrected chi connectivity index (χ0v) is 16.8. The van der Waals surface area contributed by atoms with Crippen LogP contribution in [0.15, 0.2) is 48.5 Å². The first-order valence-electron chi connectivity index (χ1n) is 11.0. The van der Waals surface area contributed by atoms with Crippen molar-refractivity contribution in [3.8, 4) is 0 Å². The molecule has 2 aromatic rings. The second-order valence-corrected chi connectivity index (χ2v) is 8.60. The molecule has 0 aromatic heterocycles. The first-order valence-corrected chi connectivity index (χ1v) is 11.0. The van der Waals surface area contributed by atoms with E-state index in [9.17, 15) is 9.59 Å². The Morgan fingerprint density at radius 1 is 0.793 bits per heavy atom. The third-order valence-electron chi connectivity index (χ3n) is 7.03. The predicted molar refractivity (Wildman–Crippen MR) is 113 cm³/mol. The smallest absolute Gasteiger partial charge is 0.261 e. The zero-order chi connectivity index (χ0) is 19.8. The standard InChI is InChI=1S/C25H28N2O2/c28-24-21-10-4-5-11-22(21)25(29)27(24)16-7-1-6-15-26-17-14-20-19-9-3-2-8-18(19)12-13-23(20)26/h2-5,8-11,20,23H,1,6-7,12-17H2. The molecule has 1 saturated heterocycles. The molecular formula is C25H28N2O2. The molecule has 0 radical (unpaired) electrons. The lowest BCUT2D eigenvalue weighted by molar-refractivity contribution is 0.0651. The van der Waals surface area contributed by atoms with E-state index in [-0.39, 0.29) is 11.8 Å². The van der Waals surface area contributed by atoms with Gasteiger partial charge < -0.3 is 0 Å². The highest BCUT2D eigenvalue weighted by Crippen LogP contribution is 2.41. The summed E-state index contributed by atoms with van der Waals surface area (Å²) in [5, 5.41) is 0. The largest absolute Gasteiger partial charge is 0.300 e. The third kappa shape index (κ3) is 3.29. The van der Waals surface area contributed by atoms with Gasteiger partial charge in [0.2, 0.25) is 0 Å². The number of aryl methyl sites for hydroxylation is 1. The maximum atomic E-state index is 12.4. The Hall–Kier alpha value is -2.46. The Kier molecular flexibility index (Phi) is 4.96. The highest BCUT2D eigenvalue weighted by Gasteiger charge is 2.38. The molecule has 2 atom stereocenters. The van der Waals surface area contributed by atoms with Crippen LogP contribution in [0.1, 0.15) is 69.9 Å². The summed E-state index contributed by atoms with van der Waals surface area (Å²) in [5.74, 6) is 0.445. The molecule has 2 amide bonds. The Labute approximate surface area is 172 Å². The van der Waals surface area contributed by atoms with Gasteiger partial charge in [-0.25, -0.2) is 0 Å². The van der Waals surface area contributed by atoms with E-state index in [2.05, 4.69) is 29.2 Å². The van der Waals surface area contributed by atoms with E-state index in [1.54, 1.807) is 23.3 Å². The maximum absolute atomic E-state index is 12.4. The summed E-state index contributed by atoms with van der Waals surface area (Å²) in [4.78, 5) is 29.0. The molecule has 5 rings (SSSR count). The van der Waals surface area contributed by atoms with Gasteiger partial charge in [-0.1, -0.05) is 42.8 Å². The van der Waals surface area contributed by atoms with Crippen LogP contribution >= 0.6 is 0 Å². The van der Waals surface area contributed by atoms with Crippen LogP contribution in [-0.4, -0.2) is 47.3 Å². The van der Waals surface area contributed by atoms with Gasteiger partial charge in [0, 0.05) is 18.5 Å². The molecule has 0 spiro atoms. The van der Waals surface area contributed by atoms with Gasteiger partial charge in [0.05, 0.1) is 11.1 Å². The van der Waals surface area contributed by atoms with E-state index in [4.69, 9.17) is 0 Å². The number of hydrogen-bond donors (Lipinski definition) is 0. The van der Waals surface area contributed by atoms with E-state index < -0.39 is 0 Å². The number of imide groups is 1. The number of likely N-dealkylation sites (tertiary alicyclic amines) is 1. The fraction of sp³-hybridized carbons (Fsp3) is 0.440. The van der Waals surface area contributed by atoms with Gasteiger partial charge in [-0.3, -0.25) is 19.4 Å². The van der Waals surface area contributed by atoms with Crippen molar-refractivity contribution in [1.82, 2.24) is 9.80 Å². The number of benzene rings is 2. The summed E-state index contributed by atoms with van der Waals surface area (Å²) >= 11 is 0. The number of carbonyl (C=O) groups excluding carboxylic acids is 2. The second-order valence-electron chi connectivity index (χ2n) is 8.60. The summed E-state index contributed by atoms with van der Waals surface area (Å²) in [6.45, 7) is 2.86. The fourth-order valence-corrected chi connectivity index (χ4v) is 5.57. The Balaban J connectivity index is 1.10. The average molecular weight is 389 g/mol. The van der Waals surface area contributed by atoms with Crippen molar-refractivity contribution in [1.29, 1.82) is 0 Å². The predicted octanol–water partition coefficient (Wildman–Crippen LogP) is 4.26. The highest BCUT2D eigenvalue weighted by molar-refractivity contribution is 6.21. The van der Waals surface area contributed by atoms with Crippen LogP contribution in [0.4, 0.5) is 0 Å². The topological polar surface area (TPSA) is 40.6 Å². The van der Waals surface area contributed by atoms with Crippen molar-refractivity contribution in [2.75, 3.05) is 19.6 Å². The van der Waals surface area contributed by atoms with Crippen molar-refractivity contribution in [3.63, 3.8) is 0 Å². The lowest BCUT2D eigenvalue weighted by Crippen LogP contribution is -2.35. The van der Waals surface area contributed by atoms with Gasteiger partial charge in [-0.15, -0.1) is 0 Å². The van der Waals surface area contributed by atoms with Crippen LogP contribution in [-0.2, 0) is 6.42 Å². The number of unbranched alkanes of at least 4 members (excludes halogenated alkanes) is 2. The van der Waals surface area contributed by atoms with Crippen molar-refractivity contribution in [3.05, 3.63) is 70.8 Å². The molecule has 1 aliphatic carbocycles. The van der Waals surface area contributed by atoms with Crippen LogP contribution in [0.2, 0.25) is 0 Å². The van der Waals surface area contributed by atoms with Gasteiger partial charge in [-0.2, -0.15) is 0 Å². The van der Waals surface area contributed by atoms with Gasteiger partial charge in [0.25, 0.3) is 11.8 Å². The SMILES string of the molecule is O=C1c2ccccc2C(=O)N1CCCCCN1CCC2c3ccccc3CCC21. The number of fused-ring (bicyclic) bond motifs is 4. The summed E-state index contributed by atoms with van der Waals surface area (Å²) in [6, 6.07) is 16.8. The molecule has 1 fully saturated rings. The van der Waals surface area contributed by atoms with Gasteiger partial charge in [0.1, 0.15) is 0 Å². The van der Waals surface area contributed by atoms with Crippen LogP contribution in [0.3, 0.4) is 0 Å². The fourth-order valence-electron chi connectivity index (χ4n) is 5.57. The number of nitrogens with zero attached hydrogens (tertiary/aromatic N) is 2. The van der Waals surface area contributed by atoms with Crippen LogP contribution in [0.25, 0.3) is 0 Å².